The molecule has 0 unspecified atom stereocenters. The number of alkyl halides is 3. The summed E-state index contributed by atoms with van der Waals surface area (Å²) < 4.78 is 40.2. The number of thioether (sulfide) groups is 1. The SMILES string of the molecule is CCn1cnnc1-c1cccc(NC(=O)CSc2cccc(C(F)(F)F)c2)c1. The van der Waals surface area contributed by atoms with E-state index in [1.54, 1.807) is 30.6 Å². The maximum absolute atomic E-state index is 12.8. The molecule has 0 aliphatic carbocycles. The maximum atomic E-state index is 12.8. The maximum Gasteiger partial charge on any atom is 0.416 e. The van der Waals surface area contributed by atoms with Gasteiger partial charge in [-0.3, -0.25) is 4.79 Å². The van der Waals surface area contributed by atoms with Gasteiger partial charge in [0.05, 0.1) is 11.3 Å². The Hall–Kier alpha value is -2.81. The zero-order valence-electron chi connectivity index (χ0n) is 14.9. The van der Waals surface area contributed by atoms with E-state index in [0.29, 0.717) is 23.0 Å². The fourth-order valence-electron chi connectivity index (χ4n) is 2.55. The van der Waals surface area contributed by atoms with Crippen molar-refractivity contribution in [3.63, 3.8) is 0 Å². The second-order valence-corrected chi connectivity index (χ2v) is 6.93. The molecule has 3 rings (SSSR count). The quantitative estimate of drug-likeness (QED) is 0.602. The lowest BCUT2D eigenvalue weighted by atomic mass is 10.2. The molecule has 0 aliphatic heterocycles. The molecule has 0 atom stereocenters. The predicted molar refractivity (Wildman–Crippen MR) is 102 cm³/mol. The normalized spacial score (nSPS) is 11.4. The average Bonchev–Trinajstić information content (AvgIpc) is 3.15. The highest BCUT2D eigenvalue weighted by molar-refractivity contribution is 8.00. The van der Waals surface area contributed by atoms with Crippen LogP contribution in [0, 0.1) is 0 Å². The first-order valence-corrected chi connectivity index (χ1v) is 9.43. The lowest BCUT2D eigenvalue weighted by molar-refractivity contribution is -0.137. The van der Waals surface area contributed by atoms with Crippen LogP contribution in [0.25, 0.3) is 11.4 Å². The molecule has 0 fully saturated rings. The van der Waals surface area contributed by atoms with Crippen molar-refractivity contribution < 1.29 is 18.0 Å². The van der Waals surface area contributed by atoms with Gasteiger partial charge in [-0.2, -0.15) is 13.2 Å². The van der Waals surface area contributed by atoms with Crippen LogP contribution in [-0.4, -0.2) is 26.4 Å². The van der Waals surface area contributed by atoms with E-state index in [2.05, 4.69) is 15.5 Å². The van der Waals surface area contributed by atoms with E-state index in [1.165, 1.54) is 6.07 Å². The molecule has 0 bridgehead atoms. The lowest BCUT2D eigenvalue weighted by Gasteiger charge is -2.09. The average molecular weight is 406 g/mol. The summed E-state index contributed by atoms with van der Waals surface area (Å²) in [6.07, 6.45) is -2.77. The zero-order valence-corrected chi connectivity index (χ0v) is 15.7. The summed E-state index contributed by atoms with van der Waals surface area (Å²) in [7, 11) is 0. The van der Waals surface area contributed by atoms with Crippen molar-refractivity contribution in [2.45, 2.75) is 24.5 Å². The molecule has 0 spiro atoms. The van der Waals surface area contributed by atoms with E-state index >= 15 is 0 Å². The van der Waals surface area contributed by atoms with Gasteiger partial charge < -0.3 is 9.88 Å². The van der Waals surface area contributed by atoms with Gasteiger partial charge in [0.25, 0.3) is 0 Å². The number of carbonyl (C=O) groups excluding carboxylic acids is 1. The monoisotopic (exact) mass is 406 g/mol. The zero-order chi connectivity index (χ0) is 20.1. The Morgan fingerprint density at radius 1 is 1.18 bits per heavy atom. The molecule has 0 saturated heterocycles. The summed E-state index contributed by atoms with van der Waals surface area (Å²) in [5.41, 5.74) is 0.658. The molecule has 28 heavy (non-hydrogen) atoms. The summed E-state index contributed by atoms with van der Waals surface area (Å²) in [5.74, 6) is 0.380. The molecule has 0 saturated carbocycles. The summed E-state index contributed by atoms with van der Waals surface area (Å²) in [5, 5.41) is 10.7. The van der Waals surface area contributed by atoms with Crippen LogP contribution in [-0.2, 0) is 17.5 Å². The molecule has 1 heterocycles. The number of aryl methyl sites for hydroxylation is 1. The van der Waals surface area contributed by atoms with Gasteiger partial charge >= 0.3 is 6.18 Å². The van der Waals surface area contributed by atoms with Crippen LogP contribution >= 0.6 is 11.8 Å². The van der Waals surface area contributed by atoms with Crippen molar-refractivity contribution >= 4 is 23.4 Å². The number of rotatable bonds is 6. The van der Waals surface area contributed by atoms with Gasteiger partial charge in [-0.15, -0.1) is 22.0 Å². The first kappa shape index (κ1) is 19.9. The third kappa shape index (κ3) is 4.92. The minimum Gasteiger partial charge on any atom is -0.325 e. The molecular formula is C19H17F3N4OS. The fourth-order valence-corrected chi connectivity index (χ4v) is 3.31. The number of nitrogens with zero attached hydrogens (tertiary/aromatic N) is 3. The standard InChI is InChI=1S/C19H17F3N4OS/c1-2-26-12-23-25-18(26)13-5-3-7-15(9-13)24-17(27)11-28-16-8-4-6-14(10-16)19(20,21)22/h3-10,12H,2,11H2,1H3,(H,24,27). The van der Waals surface area contributed by atoms with Crippen molar-refractivity contribution in [3.05, 3.63) is 60.4 Å². The molecule has 0 radical (unpaired) electrons. The molecule has 9 heteroatoms. The fraction of sp³-hybridized carbons (Fsp3) is 0.211. The van der Waals surface area contributed by atoms with Crippen LogP contribution in [0.5, 0.6) is 0 Å². The number of aromatic nitrogens is 3. The van der Waals surface area contributed by atoms with Crippen LogP contribution in [0.4, 0.5) is 18.9 Å². The third-order valence-electron chi connectivity index (χ3n) is 3.89. The Morgan fingerprint density at radius 3 is 2.71 bits per heavy atom. The first-order valence-electron chi connectivity index (χ1n) is 8.45. The van der Waals surface area contributed by atoms with Crippen LogP contribution in [0.3, 0.4) is 0 Å². The first-order chi connectivity index (χ1) is 13.4. The molecule has 5 nitrogen and oxygen atoms in total. The number of nitrogens with one attached hydrogen (secondary N) is 1. The Morgan fingerprint density at radius 2 is 1.96 bits per heavy atom. The minimum atomic E-state index is -4.40. The van der Waals surface area contributed by atoms with Gasteiger partial charge in [0.1, 0.15) is 6.33 Å². The number of halogens is 3. The molecule has 1 amide bonds. The van der Waals surface area contributed by atoms with Crippen LogP contribution < -0.4 is 5.32 Å². The molecule has 146 valence electrons. The van der Waals surface area contributed by atoms with E-state index in [-0.39, 0.29) is 11.7 Å². The summed E-state index contributed by atoms with van der Waals surface area (Å²) in [4.78, 5) is 12.6. The van der Waals surface area contributed by atoms with Crippen LogP contribution in [0.1, 0.15) is 12.5 Å². The second-order valence-electron chi connectivity index (χ2n) is 5.88. The Kier molecular flexibility index (Phi) is 6.03. The molecule has 2 aromatic carbocycles. The van der Waals surface area contributed by atoms with E-state index < -0.39 is 11.7 Å². The number of benzene rings is 2. The molecular weight excluding hydrogens is 389 g/mol. The smallest absolute Gasteiger partial charge is 0.325 e. The van der Waals surface area contributed by atoms with Gasteiger partial charge in [0.15, 0.2) is 5.82 Å². The van der Waals surface area contributed by atoms with E-state index in [0.717, 1.165) is 29.5 Å². The molecule has 1 N–H and O–H groups in total. The number of hydrogen-bond acceptors (Lipinski definition) is 4. The van der Waals surface area contributed by atoms with Crippen molar-refractivity contribution in [2.24, 2.45) is 0 Å². The number of amides is 1. The predicted octanol–water partition coefficient (Wildman–Crippen LogP) is 4.71. The second kappa shape index (κ2) is 8.47. The Labute approximate surface area is 164 Å². The Bertz CT molecular complexity index is 972. The summed E-state index contributed by atoms with van der Waals surface area (Å²) in [6, 6.07) is 12.1. The minimum absolute atomic E-state index is 0.00329. The topological polar surface area (TPSA) is 59.8 Å². The molecule has 3 aromatic rings. The molecule has 0 aliphatic rings. The third-order valence-corrected chi connectivity index (χ3v) is 4.89. The van der Waals surface area contributed by atoms with Gasteiger partial charge in [0, 0.05) is 22.7 Å². The lowest BCUT2D eigenvalue weighted by Crippen LogP contribution is -2.14. The summed E-state index contributed by atoms with van der Waals surface area (Å²) >= 11 is 1.05. The van der Waals surface area contributed by atoms with E-state index in [4.69, 9.17) is 0 Å². The highest BCUT2D eigenvalue weighted by Gasteiger charge is 2.30. The molecule has 1 aromatic heterocycles. The largest absolute Gasteiger partial charge is 0.416 e. The number of carbonyl (C=O) groups is 1. The van der Waals surface area contributed by atoms with Crippen LogP contribution in [0.2, 0.25) is 0 Å². The van der Waals surface area contributed by atoms with Crippen molar-refractivity contribution in [1.29, 1.82) is 0 Å². The van der Waals surface area contributed by atoms with Gasteiger partial charge in [-0.05, 0) is 37.3 Å². The van der Waals surface area contributed by atoms with Gasteiger partial charge in [-0.1, -0.05) is 18.2 Å². The van der Waals surface area contributed by atoms with Crippen molar-refractivity contribution in [1.82, 2.24) is 14.8 Å². The van der Waals surface area contributed by atoms with E-state index in [9.17, 15) is 18.0 Å². The van der Waals surface area contributed by atoms with Crippen LogP contribution in [0.15, 0.2) is 59.8 Å². The van der Waals surface area contributed by atoms with Gasteiger partial charge in [-0.25, -0.2) is 0 Å². The van der Waals surface area contributed by atoms with Crippen molar-refractivity contribution in [3.8, 4) is 11.4 Å². The Balaban J connectivity index is 1.64. The highest BCUT2D eigenvalue weighted by atomic mass is 32.2. The summed E-state index contributed by atoms with van der Waals surface area (Å²) in [6.45, 7) is 2.69. The van der Waals surface area contributed by atoms with Crippen molar-refractivity contribution in [2.75, 3.05) is 11.1 Å². The van der Waals surface area contributed by atoms with Gasteiger partial charge in [0.2, 0.25) is 5.91 Å². The number of anilines is 1. The van der Waals surface area contributed by atoms with E-state index in [1.807, 2.05) is 17.6 Å². The number of hydrogen-bond donors (Lipinski definition) is 1. The highest BCUT2D eigenvalue weighted by Crippen LogP contribution is 2.32.